The minimum atomic E-state index is -0.0755. The molecule has 1 aliphatic rings. The molecule has 68 valence electrons. The Morgan fingerprint density at radius 2 is 2.08 bits per heavy atom. The highest BCUT2D eigenvalue weighted by atomic mass is 32.2. The van der Waals surface area contributed by atoms with Crippen molar-refractivity contribution in [1.82, 2.24) is 0 Å². The number of benzene rings is 1. The number of carbonyl (C=O) groups is 1. The summed E-state index contributed by atoms with van der Waals surface area (Å²) in [4.78, 5) is 12.0. The fraction of sp³-hybridized carbons (Fsp3) is 0.300. The minimum absolute atomic E-state index is 0.0755. The van der Waals surface area contributed by atoms with Crippen LogP contribution in [0.4, 0.5) is 0 Å². The van der Waals surface area contributed by atoms with Gasteiger partial charge in [0.2, 0.25) is 0 Å². The van der Waals surface area contributed by atoms with Crippen molar-refractivity contribution in [3.63, 3.8) is 0 Å². The zero-order valence-electron chi connectivity index (χ0n) is 7.10. The van der Waals surface area contributed by atoms with Crippen LogP contribution in [0.15, 0.2) is 35.2 Å². The molecule has 0 saturated carbocycles. The van der Waals surface area contributed by atoms with Gasteiger partial charge in [0, 0.05) is 4.90 Å². The summed E-state index contributed by atoms with van der Waals surface area (Å²) in [5, 5.41) is 0.301. The van der Waals surface area contributed by atoms with E-state index >= 15 is 0 Å². The molecule has 1 heterocycles. The fourth-order valence-electron chi connectivity index (χ4n) is 1.26. The van der Waals surface area contributed by atoms with Gasteiger partial charge in [-0.25, -0.2) is 0 Å². The number of rotatable bonds is 2. The lowest BCUT2D eigenvalue weighted by molar-refractivity contribution is -0.137. The lowest BCUT2D eigenvalue weighted by Gasteiger charge is -2.04. The monoisotopic (exact) mass is 194 g/mol. The summed E-state index contributed by atoms with van der Waals surface area (Å²) in [6, 6.07) is 10.1. The molecular formula is C10H10O2S. The minimum Gasteiger partial charge on any atom is -0.464 e. The Hall–Kier alpha value is -0.960. The topological polar surface area (TPSA) is 26.3 Å². The van der Waals surface area contributed by atoms with E-state index in [0.29, 0.717) is 18.3 Å². The molecule has 2 nitrogen and oxygen atoms in total. The van der Waals surface area contributed by atoms with Crippen LogP contribution in [-0.4, -0.2) is 17.8 Å². The van der Waals surface area contributed by atoms with Crippen LogP contribution in [0.2, 0.25) is 0 Å². The van der Waals surface area contributed by atoms with Gasteiger partial charge in [0.25, 0.3) is 0 Å². The summed E-state index contributed by atoms with van der Waals surface area (Å²) in [6.07, 6.45) is 0.541. The van der Waals surface area contributed by atoms with Crippen LogP contribution in [0, 0.1) is 0 Å². The molecule has 0 aromatic heterocycles. The van der Waals surface area contributed by atoms with Crippen molar-refractivity contribution in [2.24, 2.45) is 0 Å². The molecule has 0 bridgehead atoms. The summed E-state index contributed by atoms with van der Waals surface area (Å²) in [5.74, 6) is -0.0755. The molecule has 1 saturated heterocycles. The number of esters is 1. The van der Waals surface area contributed by atoms with Gasteiger partial charge in [0.15, 0.2) is 0 Å². The van der Waals surface area contributed by atoms with Crippen molar-refractivity contribution >= 4 is 17.7 Å². The third-order valence-electron chi connectivity index (χ3n) is 1.87. The van der Waals surface area contributed by atoms with Crippen LogP contribution in [0.5, 0.6) is 0 Å². The van der Waals surface area contributed by atoms with Gasteiger partial charge in [-0.1, -0.05) is 18.2 Å². The first-order valence-corrected chi connectivity index (χ1v) is 5.10. The summed E-state index contributed by atoms with van der Waals surface area (Å²) >= 11 is 1.71. The first-order valence-electron chi connectivity index (χ1n) is 4.22. The number of hydrogen-bond donors (Lipinski definition) is 0. The Kier molecular flexibility index (Phi) is 2.54. The summed E-state index contributed by atoms with van der Waals surface area (Å²) in [7, 11) is 0. The molecule has 0 amide bonds. The zero-order valence-corrected chi connectivity index (χ0v) is 7.92. The van der Waals surface area contributed by atoms with Gasteiger partial charge < -0.3 is 4.74 Å². The number of carbonyl (C=O) groups excluding carboxylic acids is 1. The Morgan fingerprint density at radius 3 is 2.69 bits per heavy atom. The maximum atomic E-state index is 10.8. The summed E-state index contributed by atoms with van der Waals surface area (Å²) in [6.45, 7) is 0.554. The van der Waals surface area contributed by atoms with E-state index in [1.165, 1.54) is 4.90 Å². The van der Waals surface area contributed by atoms with Crippen LogP contribution in [-0.2, 0) is 9.53 Å². The van der Waals surface area contributed by atoms with E-state index in [9.17, 15) is 4.79 Å². The van der Waals surface area contributed by atoms with Gasteiger partial charge in [0.05, 0.1) is 11.7 Å². The molecule has 0 unspecified atom stereocenters. The second-order valence-electron chi connectivity index (χ2n) is 2.94. The molecule has 0 aliphatic carbocycles. The van der Waals surface area contributed by atoms with Crippen LogP contribution < -0.4 is 0 Å². The van der Waals surface area contributed by atoms with Crippen LogP contribution in [0.25, 0.3) is 0 Å². The molecule has 1 atom stereocenters. The summed E-state index contributed by atoms with van der Waals surface area (Å²) < 4.78 is 4.88. The van der Waals surface area contributed by atoms with E-state index in [2.05, 4.69) is 0 Å². The van der Waals surface area contributed by atoms with Gasteiger partial charge in [-0.2, -0.15) is 0 Å². The van der Waals surface area contributed by atoms with Crippen LogP contribution >= 0.6 is 11.8 Å². The standard InChI is InChI=1S/C10H10O2S/c11-10-6-9(7-12-10)13-8-4-2-1-3-5-8/h1-5,9H,6-7H2/t9-/m0/s1. The van der Waals surface area contributed by atoms with Gasteiger partial charge >= 0.3 is 5.97 Å². The van der Waals surface area contributed by atoms with E-state index < -0.39 is 0 Å². The second-order valence-corrected chi connectivity index (χ2v) is 4.31. The smallest absolute Gasteiger partial charge is 0.307 e. The molecule has 13 heavy (non-hydrogen) atoms. The molecule has 1 aromatic rings. The van der Waals surface area contributed by atoms with Gasteiger partial charge in [-0.3, -0.25) is 4.79 Å². The zero-order chi connectivity index (χ0) is 9.10. The van der Waals surface area contributed by atoms with E-state index in [1.807, 2.05) is 30.3 Å². The lowest BCUT2D eigenvalue weighted by Crippen LogP contribution is -1.99. The Labute approximate surface area is 81.3 Å². The third-order valence-corrected chi connectivity index (χ3v) is 3.05. The quantitative estimate of drug-likeness (QED) is 0.674. The van der Waals surface area contributed by atoms with Crippen molar-refractivity contribution in [2.75, 3.05) is 6.61 Å². The molecule has 3 heteroatoms. The lowest BCUT2D eigenvalue weighted by atomic mass is 10.4. The third kappa shape index (κ3) is 2.25. The number of cyclic esters (lactones) is 1. The Bertz CT molecular complexity index is 297. The summed E-state index contributed by atoms with van der Waals surface area (Å²) in [5.41, 5.74) is 0. The normalized spacial score (nSPS) is 21.5. The van der Waals surface area contributed by atoms with Crippen molar-refractivity contribution in [2.45, 2.75) is 16.6 Å². The first kappa shape index (κ1) is 8.63. The second kappa shape index (κ2) is 3.83. The van der Waals surface area contributed by atoms with Crippen LogP contribution in [0.3, 0.4) is 0 Å². The van der Waals surface area contributed by atoms with E-state index in [4.69, 9.17) is 4.74 Å². The van der Waals surface area contributed by atoms with Crippen molar-refractivity contribution in [1.29, 1.82) is 0 Å². The predicted octanol–water partition coefficient (Wildman–Crippen LogP) is 2.09. The maximum absolute atomic E-state index is 10.8. The molecule has 0 radical (unpaired) electrons. The molecule has 0 N–H and O–H groups in total. The van der Waals surface area contributed by atoms with Crippen molar-refractivity contribution in [3.05, 3.63) is 30.3 Å². The van der Waals surface area contributed by atoms with Gasteiger partial charge in [0.1, 0.15) is 6.61 Å². The van der Waals surface area contributed by atoms with Gasteiger partial charge in [-0.05, 0) is 12.1 Å². The molecule has 1 aliphatic heterocycles. The fourth-order valence-corrected chi connectivity index (χ4v) is 2.31. The highest BCUT2D eigenvalue weighted by Crippen LogP contribution is 2.28. The average molecular weight is 194 g/mol. The molecule has 2 rings (SSSR count). The predicted molar refractivity (Wildman–Crippen MR) is 51.7 cm³/mol. The van der Waals surface area contributed by atoms with Gasteiger partial charge in [-0.15, -0.1) is 11.8 Å². The van der Waals surface area contributed by atoms with E-state index in [1.54, 1.807) is 11.8 Å². The molecule has 0 spiro atoms. The van der Waals surface area contributed by atoms with Crippen molar-refractivity contribution in [3.8, 4) is 0 Å². The van der Waals surface area contributed by atoms with E-state index in [-0.39, 0.29) is 5.97 Å². The number of hydrogen-bond acceptors (Lipinski definition) is 3. The molecular weight excluding hydrogens is 184 g/mol. The highest BCUT2D eigenvalue weighted by Gasteiger charge is 2.24. The SMILES string of the molecule is O=C1C[C@H](Sc2ccccc2)CO1. The Morgan fingerprint density at radius 1 is 1.31 bits per heavy atom. The number of thioether (sulfide) groups is 1. The van der Waals surface area contributed by atoms with Crippen LogP contribution in [0.1, 0.15) is 6.42 Å². The molecule has 1 aromatic carbocycles. The Balaban J connectivity index is 1.96. The number of ether oxygens (including phenoxy) is 1. The van der Waals surface area contributed by atoms with E-state index in [0.717, 1.165) is 0 Å². The first-order chi connectivity index (χ1) is 6.34. The highest BCUT2D eigenvalue weighted by molar-refractivity contribution is 8.00. The largest absolute Gasteiger partial charge is 0.464 e. The average Bonchev–Trinajstić information content (AvgIpc) is 2.53. The maximum Gasteiger partial charge on any atom is 0.307 e. The molecule has 1 fully saturated rings. The van der Waals surface area contributed by atoms with Crippen molar-refractivity contribution < 1.29 is 9.53 Å².